The van der Waals surface area contributed by atoms with Gasteiger partial charge in [-0.3, -0.25) is 9.69 Å². The van der Waals surface area contributed by atoms with E-state index in [0.29, 0.717) is 34.8 Å². The molecule has 0 fully saturated rings. The summed E-state index contributed by atoms with van der Waals surface area (Å²) in [6.45, 7) is 3.84. The summed E-state index contributed by atoms with van der Waals surface area (Å²) in [6, 6.07) is 11.9. The van der Waals surface area contributed by atoms with Crippen molar-refractivity contribution in [2.75, 3.05) is 19.1 Å². The standard InChI is InChI=1S/C27H26F3N3O3/c1-26(2)12-19-24(20(34)13-26)23(15-8-9-21(35-3)22(10-15)36-4)18(14-31)25(32)33(19)17-7-5-6-16(11-17)27(28,29)30/h5-11,23H,12-13,32H2,1-4H3. The number of halogens is 3. The van der Waals surface area contributed by atoms with Gasteiger partial charge < -0.3 is 15.2 Å². The molecule has 1 aliphatic carbocycles. The van der Waals surface area contributed by atoms with Gasteiger partial charge in [-0.1, -0.05) is 26.0 Å². The highest BCUT2D eigenvalue weighted by atomic mass is 19.4. The van der Waals surface area contributed by atoms with Crippen molar-refractivity contribution in [3.63, 3.8) is 0 Å². The van der Waals surface area contributed by atoms with Gasteiger partial charge in [-0.2, -0.15) is 18.4 Å². The van der Waals surface area contributed by atoms with Crippen molar-refractivity contribution in [3.8, 4) is 17.6 Å². The molecule has 1 unspecified atom stereocenters. The number of rotatable bonds is 4. The van der Waals surface area contributed by atoms with Crippen molar-refractivity contribution in [2.45, 2.75) is 38.8 Å². The van der Waals surface area contributed by atoms with Crippen LogP contribution in [0, 0.1) is 16.7 Å². The maximum Gasteiger partial charge on any atom is 0.416 e. The third-order valence-electron chi connectivity index (χ3n) is 6.55. The maximum absolute atomic E-state index is 13.6. The van der Waals surface area contributed by atoms with Crippen molar-refractivity contribution in [2.24, 2.45) is 11.1 Å². The highest BCUT2D eigenvalue weighted by Gasteiger charge is 2.45. The Morgan fingerprint density at radius 1 is 1.08 bits per heavy atom. The molecule has 0 bridgehead atoms. The molecule has 2 aromatic rings. The van der Waals surface area contributed by atoms with Gasteiger partial charge in [0.25, 0.3) is 0 Å². The zero-order valence-corrected chi connectivity index (χ0v) is 20.4. The number of benzene rings is 2. The van der Waals surface area contributed by atoms with Crippen molar-refractivity contribution >= 4 is 11.5 Å². The molecule has 9 heteroatoms. The molecule has 36 heavy (non-hydrogen) atoms. The molecule has 0 saturated heterocycles. The fourth-order valence-corrected chi connectivity index (χ4v) is 4.99. The lowest BCUT2D eigenvalue weighted by molar-refractivity contribution is -0.137. The van der Waals surface area contributed by atoms with Gasteiger partial charge in [0.15, 0.2) is 17.3 Å². The number of alkyl halides is 3. The average molecular weight is 498 g/mol. The van der Waals surface area contributed by atoms with Crippen LogP contribution in [0.1, 0.15) is 43.7 Å². The Morgan fingerprint density at radius 2 is 1.78 bits per heavy atom. The number of ether oxygens (including phenoxy) is 2. The van der Waals surface area contributed by atoms with Crippen LogP contribution >= 0.6 is 0 Å². The summed E-state index contributed by atoms with van der Waals surface area (Å²) in [4.78, 5) is 15.0. The van der Waals surface area contributed by atoms with Crippen molar-refractivity contribution in [1.29, 1.82) is 5.26 Å². The first-order chi connectivity index (χ1) is 16.9. The summed E-state index contributed by atoms with van der Waals surface area (Å²) in [5, 5.41) is 10.2. The van der Waals surface area contributed by atoms with Gasteiger partial charge in [-0.05, 0) is 47.7 Å². The van der Waals surface area contributed by atoms with E-state index in [2.05, 4.69) is 6.07 Å². The number of nitrogens with zero attached hydrogens (tertiary/aromatic N) is 2. The molecule has 6 nitrogen and oxygen atoms in total. The summed E-state index contributed by atoms with van der Waals surface area (Å²) in [5.74, 6) is -0.102. The molecule has 1 aliphatic heterocycles. The largest absolute Gasteiger partial charge is 0.493 e. The Labute approximate surface area is 207 Å². The lowest BCUT2D eigenvalue weighted by Gasteiger charge is -2.44. The van der Waals surface area contributed by atoms with Crippen LogP contribution in [-0.4, -0.2) is 20.0 Å². The number of allylic oxidation sites excluding steroid dienone is 3. The van der Waals surface area contributed by atoms with E-state index in [4.69, 9.17) is 15.2 Å². The van der Waals surface area contributed by atoms with Gasteiger partial charge in [-0.25, -0.2) is 0 Å². The normalized spacial score (nSPS) is 19.7. The predicted octanol–water partition coefficient (Wildman–Crippen LogP) is 5.66. The van der Waals surface area contributed by atoms with E-state index in [1.165, 1.54) is 31.3 Å². The summed E-state index contributed by atoms with van der Waals surface area (Å²) < 4.78 is 51.3. The molecule has 1 heterocycles. The molecular formula is C27H26F3N3O3. The van der Waals surface area contributed by atoms with Crippen LogP contribution in [0.4, 0.5) is 18.9 Å². The number of anilines is 1. The maximum atomic E-state index is 13.6. The lowest BCUT2D eigenvalue weighted by Crippen LogP contribution is -2.42. The van der Waals surface area contributed by atoms with Crippen molar-refractivity contribution < 1.29 is 27.4 Å². The van der Waals surface area contributed by atoms with Gasteiger partial charge in [0, 0.05) is 23.4 Å². The summed E-state index contributed by atoms with van der Waals surface area (Å²) in [7, 11) is 2.98. The number of hydrogen-bond donors (Lipinski definition) is 1. The van der Waals surface area contributed by atoms with Crippen LogP contribution in [0.25, 0.3) is 0 Å². The van der Waals surface area contributed by atoms with E-state index in [0.717, 1.165) is 12.1 Å². The molecular weight excluding hydrogens is 471 g/mol. The fourth-order valence-electron chi connectivity index (χ4n) is 4.99. The summed E-state index contributed by atoms with van der Waals surface area (Å²) in [6.07, 6.45) is -3.96. The monoisotopic (exact) mass is 497 g/mol. The quantitative estimate of drug-likeness (QED) is 0.586. The fraction of sp³-hybridized carbons (Fsp3) is 0.333. The van der Waals surface area contributed by atoms with E-state index < -0.39 is 23.1 Å². The van der Waals surface area contributed by atoms with Crippen molar-refractivity contribution in [3.05, 3.63) is 76.3 Å². The first kappa shape index (κ1) is 25.2. The summed E-state index contributed by atoms with van der Waals surface area (Å²) >= 11 is 0. The minimum atomic E-state index is -4.57. The van der Waals surface area contributed by atoms with Crippen LogP contribution in [0.5, 0.6) is 11.5 Å². The molecule has 0 saturated carbocycles. The van der Waals surface area contributed by atoms with Crippen molar-refractivity contribution in [1.82, 2.24) is 0 Å². The van der Waals surface area contributed by atoms with Gasteiger partial charge in [-0.15, -0.1) is 0 Å². The van der Waals surface area contributed by atoms with E-state index >= 15 is 0 Å². The first-order valence-electron chi connectivity index (χ1n) is 11.3. The number of nitrogens with two attached hydrogens (primary N) is 1. The van der Waals surface area contributed by atoms with E-state index in [1.807, 2.05) is 13.8 Å². The van der Waals surface area contributed by atoms with Gasteiger partial charge >= 0.3 is 6.18 Å². The van der Waals surface area contributed by atoms with E-state index in [9.17, 15) is 23.2 Å². The predicted molar refractivity (Wildman–Crippen MR) is 128 cm³/mol. The van der Waals surface area contributed by atoms with E-state index in [-0.39, 0.29) is 29.3 Å². The van der Waals surface area contributed by atoms with Crippen LogP contribution in [-0.2, 0) is 11.0 Å². The Hall–Kier alpha value is -3.93. The Bertz CT molecular complexity index is 1340. The zero-order chi connectivity index (χ0) is 26.4. The second kappa shape index (κ2) is 8.94. The molecule has 0 aromatic heterocycles. The SMILES string of the molecule is COc1ccc(C2C(C#N)=C(N)N(c3cccc(C(F)(F)F)c3)C3=C2C(=O)CC(C)(C)C3)cc1OC. The minimum Gasteiger partial charge on any atom is -0.493 e. The molecule has 0 radical (unpaired) electrons. The number of methoxy groups -OCH3 is 2. The van der Waals surface area contributed by atoms with Crippen LogP contribution in [0.2, 0.25) is 0 Å². The lowest BCUT2D eigenvalue weighted by atomic mass is 9.68. The van der Waals surface area contributed by atoms with E-state index in [1.54, 1.807) is 18.2 Å². The second-order valence-corrected chi connectivity index (χ2v) is 9.64. The average Bonchev–Trinajstić information content (AvgIpc) is 2.81. The number of hydrogen-bond acceptors (Lipinski definition) is 6. The molecule has 2 N–H and O–H groups in total. The molecule has 4 rings (SSSR count). The number of nitriles is 1. The molecule has 188 valence electrons. The van der Waals surface area contributed by atoms with Crippen LogP contribution < -0.4 is 20.1 Å². The topological polar surface area (TPSA) is 88.6 Å². The van der Waals surface area contributed by atoms with Gasteiger partial charge in [0.2, 0.25) is 0 Å². The number of ketones is 1. The Balaban J connectivity index is 1.99. The highest BCUT2D eigenvalue weighted by Crippen LogP contribution is 2.51. The molecule has 1 atom stereocenters. The first-order valence-corrected chi connectivity index (χ1v) is 11.3. The van der Waals surface area contributed by atoms with Crippen LogP contribution in [0.3, 0.4) is 0 Å². The smallest absolute Gasteiger partial charge is 0.416 e. The Morgan fingerprint density at radius 3 is 2.39 bits per heavy atom. The highest BCUT2D eigenvalue weighted by molar-refractivity contribution is 6.01. The number of carbonyl (C=O) groups is 1. The third kappa shape index (κ3) is 4.28. The molecule has 2 aliphatic rings. The molecule has 0 amide bonds. The third-order valence-corrected chi connectivity index (χ3v) is 6.55. The van der Waals surface area contributed by atoms with Gasteiger partial charge in [0.1, 0.15) is 5.82 Å². The molecule has 0 spiro atoms. The summed E-state index contributed by atoms with van der Waals surface area (Å²) in [5.41, 5.74) is 6.87. The second-order valence-electron chi connectivity index (χ2n) is 9.64. The minimum absolute atomic E-state index is 0.0131. The zero-order valence-electron chi connectivity index (χ0n) is 20.4. The van der Waals surface area contributed by atoms with Crippen LogP contribution in [0.15, 0.2) is 65.1 Å². The number of carbonyl (C=O) groups excluding carboxylic acids is 1. The van der Waals surface area contributed by atoms with Gasteiger partial charge in [0.05, 0.1) is 37.3 Å². The Kier molecular flexibility index (Phi) is 6.25. The molecule has 2 aromatic carbocycles. The number of Topliss-reactive ketones (excluding diaryl/α,β-unsaturated/α-hetero) is 1.